The lowest BCUT2D eigenvalue weighted by atomic mass is 10.1. The number of imide groups is 1. The summed E-state index contributed by atoms with van der Waals surface area (Å²) in [5.41, 5.74) is 3.28. The molecular formula is C30H27Cl2N3O5. The van der Waals surface area contributed by atoms with E-state index >= 15 is 0 Å². The number of aryl methyl sites for hydroxylation is 1. The minimum atomic E-state index is -0.650. The van der Waals surface area contributed by atoms with Crippen molar-refractivity contribution >= 4 is 64.0 Å². The minimum Gasteiger partial charge on any atom is -0.462 e. The predicted molar refractivity (Wildman–Crippen MR) is 156 cm³/mol. The SMILES string of the molecule is Cc1ccc(N2C(=O)C(Cl)=C(Nc3ccc(CC(=O)Nc4ccc(C(=O)OCC(C)C)cc4)cc3)C2=O)cc1Cl. The molecule has 8 nitrogen and oxygen atoms in total. The lowest BCUT2D eigenvalue weighted by Crippen LogP contribution is -2.32. The standard InChI is InChI=1S/C30H27Cl2N3O5/c1-17(2)16-40-30(39)20-7-11-21(12-8-20)33-25(36)14-19-5-9-22(10-6-19)34-27-26(32)28(37)35(29(27)38)23-13-4-18(3)24(31)15-23/h4-13,15,17,34H,14,16H2,1-3H3,(H,33,36). The minimum absolute atomic E-state index is 0.0506. The molecule has 4 rings (SSSR count). The van der Waals surface area contributed by atoms with Gasteiger partial charge in [-0.15, -0.1) is 0 Å². The Labute approximate surface area is 241 Å². The number of ether oxygens (including phenoxy) is 1. The zero-order valence-electron chi connectivity index (χ0n) is 22.1. The van der Waals surface area contributed by atoms with E-state index in [9.17, 15) is 19.2 Å². The first-order valence-corrected chi connectivity index (χ1v) is 13.3. The Hall–Kier alpha value is -4.14. The summed E-state index contributed by atoms with van der Waals surface area (Å²) in [5, 5.41) is 5.90. The molecule has 0 saturated heterocycles. The molecule has 206 valence electrons. The topological polar surface area (TPSA) is 105 Å². The molecule has 0 radical (unpaired) electrons. The van der Waals surface area contributed by atoms with Crippen LogP contribution < -0.4 is 15.5 Å². The molecule has 0 unspecified atom stereocenters. The highest BCUT2D eigenvalue weighted by molar-refractivity contribution is 6.53. The lowest BCUT2D eigenvalue weighted by molar-refractivity contribution is -0.120. The van der Waals surface area contributed by atoms with E-state index in [4.69, 9.17) is 27.9 Å². The van der Waals surface area contributed by atoms with E-state index in [2.05, 4.69) is 10.6 Å². The second-order valence-corrected chi connectivity index (χ2v) is 10.5. The van der Waals surface area contributed by atoms with Gasteiger partial charge in [-0.3, -0.25) is 14.4 Å². The van der Waals surface area contributed by atoms with E-state index in [-0.39, 0.29) is 29.0 Å². The normalized spacial score (nSPS) is 13.2. The van der Waals surface area contributed by atoms with Crippen molar-refractivity contribution in [3.8, 4) is 0 Å². The fourth-order valence-electron chi connectivity index (χ4n) is 3.82. The van der Waals surface area contributed by atoms with Crippen molar-refractivity contribution in [3.05, 3.63) is 99.2 Å². The molecule has 0 spiro atoms. The summed E-state index contributed by atoms with van der Waals surface area (Å²) in [4.78, 5) is 51.3. The smallest absolute Gasteiger partial charge is 0.338 e. The molecule has 0 saturated carbocycles. The van der Waals surface area contributed by atoms with Gasteiger partial charge in [0.1, 0.15) is 10.7 Å². The predicted octanol–water partition coefficient (Wildman–Crippen LogP) is 6.08. The number of esters is 1. The molecule has 3 amide bonds. The van der Waals surface area contributed by atoms with E-state index in [0.29, 0.717) is 34.3 Å². The Balaban J connectivity index is 1.34. The summed E-state index contributed by atoms with van der Waals surface area (Å²) in [7, 11) is 0. The van der Waals surface area contributed by atoms with E-state index in [1.807, 2.05) is 20.8 Å². The van der Waals surface area contributed by atoms with Crippen LogP contribution in [-0.4, -0.2) is 30.3 Å². The molecule has 3 aromatic rings. The van der Waals surface area contributed by atoms with E-state index in [1.165, 1.54) is 6.07 Å². The summed E-state index contributed by atoms with van der Waals surface area (Å²) < 4.78 is 5.21. The lowest BCUT2D eigenvalue weighted by Gasteiger charge is -2.16. The van der Waals surface area contributed by atoms with Gasteiger partial charge >= 0.3 is 5.97 Å². The zero-order chi connectivity index (χ0) is 29.0. The number of nitrogens with zero attached hydrogens (tertiary/aromatic N) is 1. The third kappa shape index (κ3) is 6.70. The molecule has 0 aromatic heterocycles. The first-order chi connectivity index (χ1) is 19.0. The number of nitrogens with one attached hydrogen (secondary N) is 2. The molecule has 0 fully saturated rings. The number of carbonyl (C=O) groups is 4. The number of rotatable bonds is 9. The van der Waals surface area contributed by atoms with Crippen LogP contribution in [0.3, 0.4) is 0 Å². The largest absolute Gasteiger partial charge is 0.462 e. The highest BCUT2D eigenvalue weighted by Gasteiger charge is 2.39. The van der Waals surface area contributed by atoms with Crippen LogP contribution in [0.25, 0.3) is 0 Å². The zero-order valence-corrected chi connectivity index (χ0v) is 23.6. The fraction of sp³-hybridized carbons (Fsp3) is 0.200. The Morgan fingerprint density at radius 3 is 2.17 bits per heavy atom. The van der Waals surface area contributed by atoms with Gasteiger partial charge in [0.05, 0.1) is 24.3 Å². The Morgan fingerprint density at radius 1 is 0.900 bits per heavy atom. The van der Waals surface area contributed by atoms with Gasteiger partial charge in [0, 0.05) is 16.4 Å². The van der Waals surface area contributed by atoms with Crippen molar-refractivity contribution in [2.24, 2.45) is 5.92 Å². The van der Waals surface area contributed by atoms with Gasteiger partial charge in [0.2, 0.25) is 5.91 Å². The number of benzene rings is 3. The van der Waals surface area contributed by atoms with Gasteiger partial charge in [0.15, 0.2) is 0 Å². The van der Waals surface area contributed by atoms with Crippen molar-refractivity contribution in [2.45, 2.75) is 27.2 Å². The van der Waals surface area contributed by atoms with Crippen LogP contribution >= 0.6 is 23.2 Å². The maximum Gasteiger partial charge on any atom is 0.338 e. The van der Waals surface area contributed by atoms with Crippen molar-refractivity contribution in [1.29, 1.82) is 0 Å². The number of hydrogen-bond donors (Lipinski definition) is 2. The summed E-state index contributed by atoms with van der Waals surface area (Å²) >= 11 is 12.4. The van der Waals surface area contributed by atoms with Gasteiger partial charge in [-0.1, -0.05) is 55.2 Å². The van der Waals surface area contributed by atoms with E-state index < -0.39 is 17.8 Å². The Kier molecular flexibility index (Phi) is 8.92. The summed E-state index contributed by atoms with van der Waals surface area (Å²) in [6, 6.07) is 18.2. The molecule has 3 aromatic carbocycles. The first-order valence-electron chi connectivity index (χ1n) is 12.5. The highest BCUT2D eigenvalue weighted by Crippen LogP contribution is 2.32. The van der Waals surface area contributed by atoms with Gasteiger partial charge in [-0.05, 0) is 72.5 Å². The molecule has 1 aliphatic heterocycles. The first kappa shape index (κ1) is 28.9. The number of halogens is 2. The molecule has 0 aliphatic carbocycles. The molecular weight excluding hydrogens is 553 g/mol. The second kappa shape index (κ2) is 12.4. The number of hydrogen-bond acceptors (Lipinski definition) is 6. The van der Waals surface area contributed by atoms with E-state index in [0.717, 1.165) is 16.0 Å². The quantitative estimate of drug-likeness (QED) is 0.235. The average Bonchev–Trinajstić information content (AvgIpc) is 3.13. The monoisotopic (exact) mass is 579 g/mol. The van der Waals surface area contributed by atoms with E-state index in [1.54, 1.807) is 60.7 Å². The molecule has 1 heterocycles. The van der Waals surface area contributed by atoms with Gasteiger partial charge in [-0.2, -0.15) is 0 Å². The van der Waals surface area contributed by atoms with Crippen LogP contribution in [0.2, 0.25) is 5.02 Å². The maximum absolute atomic E-state index is 13.0. The van der Waals surface area contributed by atoms with Crippen molar-refractivity contribution in [1.82, 2.24) is 0 Å². The molecule has 10 heteroatoms. The van der Waals surface area contributed by atoms with Crippen LogP contribution in [0.5, 0.6) is 0 Å². The van der Waals surface area contributed by atoms with Crippen molar-refractivity contribution < 1.29 is 23.9 Å². The van der Waals surface area contributed by atoms with Crippen molar-refractivity contribution in [3.63, 3.8) is 0 Å². The number of amides is 3. The molecule has 1 aliphatic rings. The van der Waals surface area contributed by atoms with Crippen LogP contribution in [-0.2, 0) is 25.5 Å². The van der Waals surface area contributed by atoms with Gasteiger partial charge in [0.25, 0.3) is 11.8 Å². The molecule has 2 N–H and O–H groups in total. The van der Waals surface area contributed by atoms with Crippen LogP contribution in [0.1, 0.15) is 35.3 Å². The third-order valence-corrected chi connectivity index (χ3v) is 6.74. The summed E-state index contributed by atoms with van der Waals surface area (Å²) in [6.07, 6.45) is 0.0985. The molecule has 0 atom stereocenters. The summed E-state index contributed by atoms with van der Waals surface area (Å²) in [5.74, 6) is -1.66. The van der Waals surface area contributed by atoms with Crippen LogP contribution in [0, 0.1) is 12.8 Å². The number of carbonyl (C=O) groups excluding carboxylic acids is 4. The third-order valence-electron chi connectivity index (χ3n) is 5.98. The molecule has 0 bridgehead atoms. The van der Waals surface area contributed by atoms with Crippen LogP contribution in [0.15, 0.2) is 77.5 Å². The van der Waals surface area contributed by atoms with Crippen LogP contribution in [0.4, 0.5) is 17.1 Å². The number of anilines is 3. The van der Waals surface area contributed by atoms with Crippen molar-refractivity contribution in [2.75, 3.05) is 22.1 Å². The Bertz CT molecular complexity index is 1500. The second-order valence-electron chi connectivity index (χ2n) is 9.68. The Morgan fingerprint density at radius 2 is 1.55 bits per heavy atom. The maximum atomic E-state index is 13.0. The summed E-state index contributed by atoms with van der Waals surface area (Å²) in [6.45, 7) is 6.07. The van der Waals surface area contributed by atoms with Gasteiger partial charge < -0.3 is 15.4 Å². The van der Waals surface area contributed by atoms with Gasteiger partial charge in [-0.25, -0.2) is 9.69 Å². The average molecular weight is 580 g/mol. The molecule has 40 heavy (non-hydrogen) atoms. The fourth-order valence-corrected chi connectivity index (χ4v) is 4.21. The highest BCUT2D eigenvalue weighted by atomic mass is 35.5.